The third-order valence-corrected chi connectivity index (χ3v) is 3.61. The fourth-order valence-corrected chi connectivity index (χ4v) is 2.43. The minimum Gasteiger partial charge on any atom is -0.342 e. The van der Waals surface area contributed by atoms with Gasteiger partial charge in [0.15, 0.2) is 0 Å². The molecule has 2 rings (SSSR count). The quantitative estimate of drug-likeness (QED) is 0.911. The molecule has 1 N–H and O–H groups in total. The molecular weight excluding hydrogens is 252 g/mol. The van der Waals surface area contributed by atoms with Gasteiger partial charge in [-0.1, -0.05) is 20.8 Å². The Labute approximate surface area is 120 Å². The van der Waals surface area contributed by atoms with Crippen molar-refractivity contribution in [3.8, 4) is 0 Å². The van der Waals surface area contributed by atoms with E-state index in [1.807, 2.05) is 25.7 Å². The van der Waals surface area contributed by atoms with Crippen molar-refractivity contribution in [2.75, 3.05) is 13.1 Å². The second-order valence-electron chi connectivity index (χ2n) is 6.39. The summed E-state index contributed by atoms with van der Waals surface area (Å²) in [5.74, 6) is 0.255. The number of carbonyl (C=O) groups is 1. The van der Waals surface area contributed by atoms with Gasteiger partial charge in [0.05, 0.1) is 5.69 Å². The molecule has 1 aromatic heterocycles. The average molecular weight is 276 g/mol. The smallest absolute Gasteiger partial charge is 0.227 e. The summed E-state index contributed by atoms with van der Waals surface area (Å²) < 4.78 is 0. The Hall–Kier alpha value is -1.49. The van der Waals surface area contributed by atoms with E-state index >= 15 is 0 Å². The molecule has 0 atom stereocenters. The van der Waals surface area contributed by atoms with E-state index in [9.17, 15) is 4.79 Å². The van der Waals surface area contributed by atoms with Gasteiger partial charge in [0.25, 0.3) is 0 Å². The average Bonchev–Trinajstić information content (AvgIpc) is 2.45. The summed E-state index contributed by atoms with van der Waals surface area (Å²) in [4.78, 5) is 22.5. The minimum atomic E-state index is -0.278. The lowest BCUT2D eigenvalue weighted by molar-refractivity contribution is -0.140. The number of amides is 1. The molecule has 1 saturated heterocycles. The van der Waals surface area contributed by atoms with Crippen LogP contribution in [0.3, 0.4) is 0 Å². The van der Waals surface area contributed by atoms with Crippen molar-refractivity contribution in [3.05, 3.63) is 24.3 Å². The first kappa shape index (κ1) is 14.9. The van der Waals surface area contributed by atoms with Gasteiger partial charge in [-0.25, -0.2) is 0 Å². The van der Waals surface area contributed by atoms with Crippen LogP contribution in [-0.4, -0.2) is 39.9 Å². The molecule has 5 nitrogen and oxygen atoms in total. The SMILES string of the molecule is CC(C)(C)C(=O)N1CCC(NCc2cnccn2)CC1. The summed E-state index contributed by atoms with van der Waals surface area (Å²) in [6.45, 7) is 8.36. The van der Waals surface area contributed by atoms with Gasteiger partial charge in [-0.05, 0) is 12.8 Å². The van der Waals surface area contributed by atoms with Gasteiger partial charge in [-0.15, -0.1) is 0 Å². The molecule has 1 aromatic rings. The molecule has 0 spiro atoms. The van der Waals surface area contributed by atoms with Gasteiger partial charge in [0.1, 0.15) is 0 Å². The number of hydrogen-bond donors (Lipinski definition) is 1. The highest BCUT2D eigenvalue weighted by molar-refractivity contribution is 5.81. The van der Waals surface area contributed by atoms with Crippen LogP contribution in [0.5, 0.6) is 0 Å². The third-order valence-electron chi connectivity index (χ3n) is 3.61. The van der Waals surface area contributed by atoms with Crippen LogP contribution in [0.25, 0.3) is 0 Å². The van der Waals surface area contributed by atoms with Crippen LogP contribution in [-0.2, 0) is 11.3 Å². The highest BCUT2D eigenvalue weighted by atomic mass is 16.2. The largest absolute Gasteiger partial charge is 0.342 e. The molecule has 0 unspecified atom stereocenters. The van der Waals surface area contributed by atoms with E-state index in [0.717, 1.165) is 38.2 Å². The van der Waals surface area contributed by atoms with E-state index in [-0.39, 0.29) is 11.3 Å². The van der Waals surface area contributed by atoms with Gasteiger partial charge < -0.3 is 10.2 Å². The lowest BCUT2D eigenvalue weighted by Gasteiger charge is -2.36. The lowest BCUT2D eigenvalue weighted by atomic mass is 9.93. The predicted molar refractivity (Wildman–Crippen MR) is 77.9 cm³/mol. The van der Waals surface area contributed by atoms with Crippen molar-refractivity contribution in [3.63, 3.8) is 0 Å². The highest BCUT2D eigenvalue weighted by Gasteiger charge is 2.30. The van der Waals surface area contributed by atoms with Gasteiger partial charge in [-0.3, -0.25) is 14.8 Å². The fourth-order valence-electron chi connectivity index (χ4n) is 2.43. The monoisotopic (exact) mass is 276 g/mol. The predicted octanol–water partition coefficient (Wildman–Crippen LogP) is 1.60. The van der Waals surface area contributed by atoms with Crippen LogP contribution >= 0.6 is 0 Å². The number of nitrogens with one attached hydrogen (secondary N) is 1. The van der Waals surface area contributed by atoms with Crippen molar-refractivity contribution >= 4 is 5.91 Å². The Kier molecular flexibility index (Phi) is 4.70. The van der Waals surface area contributed by atoms with Gasteiger partial charge in [0.2, 0.25) is 5.91 Å². The summed E-state index contributed by atoms with van der Waals surface area (Å²) in [5.41, 5.74) is 0.681. The van der Waals surface area contributed by atoms with Crippen LogP contribution in [0, 0.1) is 5.41 Å². The fraction of sp³-hybridized carbons (Fsp3) is 0.667. The van der Waals surface area contributed by atoms with E-state index in [2.05, 4.69) is 15.3 Å². The number of piperidine rings is 1. The lowest BCUT2D eigenvalue weighted by Crippen LogP contribution is -2.48. The van der Waals surface area contributed by atoms with Crippen LogP contribution in [0.4, 0.5) is 0 Å². The Morgan fingerprint density at radius 3 is 2.60 bits per heavy atom. The van der Waals surface area contributed by atoms with E-state index < -0.39 is 0 Å². The Balaban J connectivity index is 1.76. The number of hydrogen-bond acceptors (Lipinski definition) is 4. The minimum absolute atomic E-state index is 0.255. The summed E-state index contributed by atoms with van der Waals surface area (Å²) >= 11 is 0. The third kappa shape index (κ3) is 4.00. The van der Waals surface area contributed by atoms with Crippen molar-refractivity contribution in [2.45, 2.75) is 46.2 Å². The molecule has 1 amide bonds. The van der Waals surface area contributed by atoms with Crippen LogP contribution in [0.2, 0.25) is 0 Å². The Bertz CT molecular complexity index is 433. The summed E-state index contributed by atoms with van der Waals surface area (Å²) in [7, 11) is 0. The van der Waals surface area contributed by atoms with E-state index in [1.54, 1.807) is 18.6 Å². The van der Waals surface area contributed by atoms with Crippen LogP contribution in [0.1, 0.15) is 39.3 Å². The zero-order chi connectivity index (χ0) is 14.6. The molecule has 0 radical (unpaired) electrons. The molecule has 0 aliphatic carbocycles. The number of carbonyl (C=O) groups excluding carboxylic acids is 1. The summed E-state index contributed by atoms with van der Waals surface area (Å²) in [6, 6.07) is 0.459. The second kappa shape index (κ2) is 6.31. The number of rotatable bonds is 3. The first-order valence-corrected chi connectivity index (χ1v) is 7.24. The van der Waals surface area contributed by atoms with Crippen molar-refractivity contribution in [1.29, 1.82) is 0 Å². The van der Waals surface area contributed by atoms with Crippen LogP contribution < -0.4 is 5.32 Å². The van der Waals surface area contributed by atoms with Gasteiger partial charge in [-0.2, -0.15) is 0 Å². The van der Waals surface area contributed by atoms with Crippen molar-refractivity contribution in [2.24, 2.45) is 5.41 Å². The number of nitrogens with zero attached hydrogens (tertiary/aromatic N) is 3. The summed E-state index contributed by atoms with van der Waals surface area (Å²) in [6.07, 6.45) is 7.18. The topological polar surface area (TPSA) is 58.1 Å². The highest BCUT2D eigenvalue weighted by Crippen LogP contribution is 2.21. The molecule has 20 heavy (non-hydrogen) atoms. The maximum absolute atomic E-state index is 12.2. The van der Waals surface area contributed by atoms with Crippen molar-refractivity contribution in [1.82, 2.24) is 20.2 Å². The number of aromatic nitrogens is 2. The maximum atomic E-state index is 12.2. The molecule has 0 aromatic carbocycles. The molecule has 1 fully saturated rings. The Morgan fingerprint density at radius 1 is 1.35 bits per heavy atom. The first-order chi connectivity index (χ1) is 9.47. The maximum Gasteiger partial charge on any atom is 0.227 e. The van der Waals surface area contributed by atoms with Crippen LogP contribution in [0.15, 0.2) is 18.6 Å². The van der Waals surface area contributed by atoms with E-state index in [1.165, 1.54) is 0 Å². The molecule has 110 valence electrons. The molecule has 2 heterocycles. The molecule has 1 aliphatic rings. The van der Waals surface area contributed by atoms with E-state index in [0.29, 0.717) is 6.04 Å². The normalized spacial score (nSPS) is 17.2. The molecule has 1 aliphatic heterocycles. The standard InChI is InChI=1S/C15H24N4O/c1-15(2,3)14(20)19-8-4-12(5-9-19)18-11-13-10-16-6-7-17-13/h6-7,10,12,18H,4-5,8-9,11H2,1-3H3. The first-order valence-electron chi connectivity index (χ1n) is 7.24. The second-order valence-corrected chi connectivity index (χ2v) is 6.39. The zero-order valence-corrected chi connectivity index (χ0v) is 12.6. The number of likely N-dealkylation sites (tertiary alicyclic amines) is 1. The molecule has 0 saturated carbocycles. The molecular formula is C15H24N4O. The van der Waals surface area contributed by atoms with Gasteiger partial charge >= 0.3 is 0 Å². The Morgan fingerprint density at radius 2 is 2.05 bits per heavy atom. The van der Waals surface area contributed by atoms with Crippen molar-refractivity contribution < 1.29 is 4.79 Å². The van der Waals surface area contributed by atoms with Gasteiger partial charge in [0, 0.05) is 49.7 Å². The molecule has 5 heteroatoms. The molecule has 0 bridgehead atoms. The zero-order valence-electron chi connectivity index (χ0n) is 12.6. The summed E-state index contributed by atoms with van der Waals surface area (Å²) in [5, 5.41) is 3.50. The van der Waals surface area contributed by atoms with E-state index in [4.69, 9.17) is 0 Å².